The van der Waals surface area contributed by atoms with Gasteiger partial charge >= 0.3 is 0 Å². The molecule has 0 saturated heterocycles. The molecule has 21 heavy (non-hydrogen) atoms. The summed E-state index contributed by atoms with van der Waals surface area (Å²) in [6.45, 7) is 1.97. The third kappa shape index (κ3) is 3.50. The summed E-state index contributed by atoms with van der Waals surface area (Å²) in [5.41, 5.74) is 2.41. The highest BCUT2D eigenvalue weighted by Crippen LogP contribution is 2.40. The third-order valence-electron chi connectivity index (χ3n) is 4.28. The van der Waals surface area contributed by atoms with Crippen molar-refractivity contribution in [1.29, 1.82) is 0 Å². The molecular formula is C17H22N2OS. The van der Waals surface area contributed by atoms with Gasteiger partial charge in [-0.15, -0.1) is 0 Å². The molecule has 1 aliphatic carbocycles. The SMILES string of the molecule is CNC1CCC(c2ccccc2)CC1Sc1nc(C)co1. The summed E-state index contributed by atoms with van der Waals surface area (Å²) in [6, 6.07) is 11.4. The van der Waals surface area contributed by atoms with Gasteiger partial charge in [0.05, 0.1) is 5.69 Å². The van der Waals surface area contributed by atoms with E-state index in [9.17, 15) is 0 Å². The van der Waals surface area contributed by atoms with Gasteiger partial charge in [0.15, 0.2) is 0 Å². The van der Waals surface area contributed by atoms with Gasteiger partial charge in [-0.1, -0.05) is 42.1 Å². The number of oxazole rings is 1. The van der Waals surface area contributed by atoms with Crippen LogP contribution < -0.4 is 5.32 Å². The summed E-state index contributed by atoms with van der Waals surface area (Å²) in [4.78, 5) is 4.44. The Morgan fingerprint density at radius 1 is 1.24 bits per heavy atom. The topological polar surface area (TPSA) is 38.1 Å². The lowest BCUT2D eigenvalue weighted by atomic mass is 9.81. The van der Waals surface area contributed by atoms with E-state index in [4.69, 9.17) is 4.42 Å². The Balaban J connectivity index is 1.72. The van der Waals surface area contributed by atoms with Crippen molar-refractivity contribution in [2.45, 2.75) is 48.6 Å². The second-order valence-electron chi connectivity index (χ2n) is 5.73. The molecule has 0 spiro atoms. The van der Waals surface area contributed by atoms with Crippen molar-refractivity contribution in [1.82, 2.24) is 10.3 Å². The fraction of sp³-hybridized carbons (Fsp3) is 0.471. The maximum absolute atomic E-state index is 5.52. The molecule has 3 unspecified atom stereocenters. The van der Waals surface area contributed by atoms with Crippen LogP contribution in [0.5, 0.6) is 0 Å². The largest absolute Gasteiger partial charge is 0.440 e. The number of thioether (sulfide) groups is 1. The molecule has 1 saturated carbocycles. The van der Waals surface area contributed by atoms with E-state index < -0.39 is 0 Å². The van der Waals surface area contributed by atoms with Crippen LogP contribution in [0.1, 0.15) is 36.4 Å². The van der Waals surface area contributed by atoms with Gasteiger partial charge in [-0.05, 0) is 44.7 Å². The Kier molecular flexibility index (Phi) is 4.66. The molecule has 4 heteroatoms. The van der Waals surface area contributed by atoms with Crippen molar-refractivity contribution in [3.05, 3.63) is 47.9 Å². The molecule has 0 radical (unpaired) electrons. The number of aryl methyl sites for hydroxylation is 1. The van der Waals surface area contributed by atoms with Gasteiger partial charge in [0, 0.05) is 11.3 Å². The average Bonchev–Trinajstić information content (AvgIpc) is 2.93. The average molecular weight is 302 g/mol. The molecule has 3 rings (SSSR count). The first-order chi connectivity index (χ1) is 10.3. The van der Waals surface area contributed by atoms with Gasteiger partial charge in [-0.25, -0.2) is 4.98 Å². The van der Waals surface area contributed by atoms with Gasteiger partial charge < -0.3 is 9.73 Å². The highest BCUT2D eigenvalue weighted by Gasteiger charge is 2.32. The molecule has 0 amide bonds. The van der Waals surface area contributed by atoms with Crippen LogP contribution in [0.2, 0.25) is 0 Å². The van der Waals surface area contributed by atoms with Crippen molar-refractivity contribution in [3.63, 3.8) is 0 Å². The molecule has 3 nitrogen and oxygen atoms in total. The summed E-state index contributed by atoms with van der Waals surface area (Å²) in [5, 5.41) is 4.77. The molecule has 3 atom stereocenters. The molecule has 0 bridgehead atoms. The lowest BCUT2D eigenvalue weighted by molar-refractivity contribution is 0.365. The molecule has 1 N–H and O–H groups in total. The van der Waals surface area contributed by atoms with Crippen molar-refractivity contribution in [2.24, 2.45) is 0 Å². The molecule has 1 aromatic heterocycles. The van der Waals surface area contributed by atoms with Gasteiger partial charge in [0.2, 0.25) is 0 Å². The van der Waals surface area contributed by atoms with Gasteiger partial charge in [0.1, 0.15) is 6.26 Å². The molecule has 1 aromatic carbocycles. The summed E-state index contributed by atoms with van der Waals surface area (Å²) < 4.78 is 5.52. The van der Waals surface area contributed by atoms with Crippen molar-refractivity contribution < 1.29 is 4.42 Å². The van der Waals surface area contributed by atoms with E-state index in [1.807, 2.05) is 6.92 Å². The Labute approximate surface area is 130 Å². The molecule has 1 fully saturated rings. The zero-order chi connectivity index (χ0) is 14.7. The molecule has 112 valence electrons. The van der Waals surface area contributed by atoms with E-state index in [1.54, 1.807) is 18.0 Å². The first kappa shape index (κ1) is 14.7. The minimum absolute atomic E-state index is 0.506. The zero-order valence-electron chi connectivity index (χ0n) is 12.6. The van der Waals surface area contributed by atoms with E-state index in [1.165, 1.54) is 24.8 Å². The summed E-state index contributed by atoms with van der Waals surface area (Å²) in [6.07, 6.45) is 5.35. The molecule has 1 heterocycles. The predicted octanol–water partition coefficient (Wildman–Crippen LogP) is 4.00. The predicted molar refractivity (Wildman–Crippen MR) is 86.8 cm³/mol. The second kappa shape index (κ2) is 6.67. The van der Waals surface area contributed by atoms with E-state index in [-0.39, 0.29) is 0 Å². The fourth-order valence-electron chi connectivity index (χ4n) is 3.13. The third-order valence-corrected chi connectivity index (χ3v) is 5.50. The van der Waals surface area contributed by atoms with E-state index in [0.29, 0.717) is 17.2 Å². The number of benzene rings is 1. The Morgan fingerprint density at radius 2 is 2.05 bits per heavy atom. The van der Waals surface area contributed by atoms with Crippen LogP contribution in [0.3, 0.4) is 0 Å². The van der Waals surface area contributed by atoms with Crippen molar-refractivity contribution in [3.8, 4) is 0 Å². The van der Waals surface area contributed by atoms with Crippen LogP contribution in [0.4, 0.5) is 0 Å². The lowest BCUT2D eigenvalue weighted by Gasteiger charge is -2.35. The van der Waals surface area contributed by atoms with Crippen LogP contribution in [0.15, 0.2) is 46.2 Å². The maximum Gasteiger partial charge on any atom is 0.256 e. The number of hydrogen-bond donors (Lipinski definition) is 1. The lowest BCUT2D eigenvalue weighted by Crippen LogP contribution is -2.40. The second-order valence-corrected chi connectivity index (χ2v) is 6.92. The van der Waals surface area contributed by atoms with E-state index in [2.05, 4.69) is 47.7 Å². The van der Waals surface area contributed by atoms with Gasteiger partial charge in [-0.2, -0.15) is 0 Å². The van der Waals surface area contributed by atoms with E-state index in [0.717, 1.165) is 10.9 Å². The summed E-state index contributed by atoms with van der Waals surface area (Å²) >= 11 is 1.78. The molecule has 2 aromatic rings. The molecule has 0 aliphatic heterocycles. The van der Waals surface area contributed by atoms with Crippen LogP contribution in [-0.4, -0.2) is 23.3 Å². The van der Waals surface area contributed by atoms with Crippen LogP contribution >= 0.6 is 11.8 Å². The first-order valence-electron chi connectivity index (χ1n) is 7.57. The van der Waals surface area contributed by atoms with Crippen LogP contribution in [0.25, 0.3) is 0 Å². The number of hydrogen-bond acceptors (Lipinski definition) is 4. The summed E-state index contributed by atoms with van der Waals surface area (Å²) in [5.74, 6) is 0.643. The Morgan fingerprint density at radius 3 is 2.71 bits per heavy atom. The number of rotatable bonds is 4. The smallest absolute Gasteiger partial charge is 0.256 e. The molecular weight excluding hydrogens is 280 g/mol. The minimum Gasteiger partial charge on any atom is -0.440 e. The van der Waals surface area contributed by atoms with Crippen LogP contribution in [-0.2, 0) is 0 Å². The summed E-state index contributed by atoms with van der Waals surface area (Å²) in [7, 11) is 2.06. The Bertz CT molecular complexity index is 569. The quantitative estimate of drug-likeness (QED) is 0.926. The maximum atomic E-state index is 5.52. The van der Waals surface area contributed by atoms with Crippen molar-refractivity contribution in [2.75, 3.05) is 7.05 Å². The standard InChI is InChI=1S/C17H22N2OS/c1-12-11-20-17(19-12)21-16-10-14(8-9-15(16)18-2)13-6-4-3-5-7-13/h3-7,11,14-16,18H,8-10H2,1-2H3. The molecule has 1 aliphatic rings. The highest BCUT2D eigenvalue weighted by atomic mass is 32.2. The fourth-order valence-corrected chi connectivity index (χ4v) is 4.46. The monoisotopic (exact) mass is 302 g/mol. The van der Waals surface area contributed by atoms with Crippen molar-refractivity contribution >= 4 is 11.8 Å². The highest BCUT2D eigenvalue weighted by molar-refractivity contribution is 7.99. The normalized spacial score (nSPS) is 25.9. The van der Waals surface area contributed by atoms with Crippen LogP contribution in [0, 0.1) is 6.92 Å². The number of nitrogens with zero attached hydrogens (tertiary/aromatic N) is 1. The first-order valence-corrected chi connectivity index (χ1v) is 8.45. The minimum atomic E-state index is 0.506. The van der Waals surface area contributed by atoms with Gasteiger partial charge in [-0.3, -0.25) is 0 Å². The number of aromatic nitrogens is 1. The zero-order valence-corrected chi connectivity index (χ0v) is 13.4. The van der Waals surface area contributed by atoms with Gasteiger partial charge in [0.25, 0.3) is 5.22 Å². The van der Waals surface area contributed by atoms with E-state index >= 15 is 0 Å². The Hall–Kier alpha value is -1.26. The number of nitrogens with one attached hydrogen (secondary N) is 1.